The van der Waals surface area contributed by atoms with Crippen molar-refractivity contribution in [1.29, 1.82) is 0 Å². The number of aryl methyl sites for hydroxylation is 2. The van der Waals surface area contributed by atoms with Crippen LogP contribution in [0, 0.1) is 19.8 Å². The molecule has 0 saturated heterocycles. The molecular weight excluding hydrogens is 290 g/mol. The van der Waals surface area contributed by atoms with E-state index in [0.29, 0.717) is 11.1 Å². The molecule has 1 amide bonds. The second kappa shape index (κ2) is 6.44. The Labute approximate surface area is 126 Å². The van der Waals surface area contributed by atoms with Crippen LogP contribution in [0.3, 0.4) is 0 Å². The van der Waals surface area contributed by atoms with E-state index in [1.807, 2.05) is 13.8 Å². The van der Waals surface area contributed by atoms with E-state index in [0.717, 1.165) is 4.31 Å². The molecule has 0 heterocycles. The lowest BCUT2D eigenvalue weighted by Crippen LogP contribution is -2.41. The standard InChI is InChI=1S/C14H23N3O3S/c1-9(2)7-17(8-12(15)18)21(19,20)14-11(4)6-5-10(3)13(14)16/h5-6,9H,7-8,16H2,1-4H3,(H2,15,18). The molecule has 0 atom stereocenters. The lowest BCUT2D eigenvalue weighted by molar-refractivity contribution is -0.118. The predicted molar refractivity (Wildman–Crippen MR) is 83.1 cm³/mol. The van der Waals surface area contributed by atoms with E-state index in [-0.39, 0.29) is 29.6 Å². The van der Waals surface area contributed by atoms with Crippen LogP contribution >= 0.6 is 0 Å². The van der Waals surface area contributed by atoms with Gasteiger partial charge in [-0.2, -0.15) is 4.31 Å². The Balaban J connectivity index is 3.42. The quantitative estimate of drug-likeness (QED) is 0.764. The van der Waals surface area contributed by atoms with Crippen LogP contribution in [-0.2, 0) is 14.8 Å². The molecule has 0 bridgehead atoms. The summed E-state index contributed by atoms with van der Waals surface area (Å²) < 4.78 is 26.8. The molecule has 1 aromatic rings. The van der Waals surface area contributed by atoms with Crippen molar-refractivity contribution in [2.24, 2.45) is 11.7 Å². The summed E-state index contributed by atoms with van der Waals surface area (Å²) in [6.07, 6.45) is 0. The highest BCUT2D eigenvalue weighted by Gasteiger charge is 2.30. The maximum Gasteiger partial charge on any atom is 0.245 e. The fraction of sp³-hybridized carbons (Fsp3) is 0.500. The average molecular weight is 313 g/mol. The van der Waals surface area contributed by atoms with Gasteiger partial charge in [-0.05, 0) is 30.9 Å². The molecular formula is C14H23N3O3S. The molecule has 0 fully saturated rings. The van der Waals surface area contributed by atoms with Crippen LogP contribution in [0.4, 0.5) is 5.69 Å². The van der Waals surface area contributed by atoms with E-state index in [1.54, 1.807) is 26.0 Å². The molecule has 21 heavy (non-hydrogen) atoms. The van der Waals surface area contributed by atoms with Gasteiger partial charge in [0.2, 0.25) is 15.9 Å². The first-order valence-corrected chi connectivity index (χ1v) is 8.15. The molecule has 1 aromatic carbocycles. The second-order valence-electron chi connectivity index (χ2n) is 5.60. The number of anilines is 1. The minimum Gasteiger partial charge on any atom is -0.397 e. The summed E-state index contributed by atoms with van der Waals surface area (Å²) in [4.78, 5) is 11.3. The third-order valence-corrected chi connectivity index (χ3v) is 5.13. The zero-order chi connectivity index (χ0) is 16.4. The van der Waals surface area contributed by atoms with Crippen LogP contribution in [0.25, 0.3) is 0 Å². The lowest BCUT2D eigenvalue weighted by Gasteiger charge is -2.24. The molecule has 4 N–H and O–H groups in total. The van der Waals surface area contributed by atoms with Gasteiger partial charge in [-0.25, -0.2) is 8.42 Å². The summed E-state index contributed by atoms with van der Waals surface area (Å²) >= 11 is 0. The number of benzene rings is 1. The van der Waals surface area contributed by atoms with E-state index in [1.165, 1.54) is 0 Å². The molecule has 118 valence electrons. The minimum atomic E-state index is -3.87. The first-order valence-electron chi connectivity index (χ1n) is 6.71. The van der Waals surface area contributed by atoms with Crippen molar-refractivity contribution < 1.29 is 13.2 Å². The number of carbonyl (C=O) groups excluding carboxylic acids is 1. The van der Waals surface area contributed by atoms with Gasteiger partial charge in [0.05, 0.1) is 12.2 Å². The smallest absolute Gasteiger partial charge is 0.245 e. The summed E-state index contributed by atoms with van der Waals surface area (Å²) in [7, 11) is -3.87. The first-order chi connectivity index (χ1) is 9.57. The van der Waals surface area contributed by atoms with E-state index in [4.69, 9.17) is 11.5 Å². The number of carbonyl (C=O) groups is 1. The summed E-state index contributed by atoms with van der Waals surface area (Å²) in [5, 5.41) is 0. The highest BCUT2D eigenvalue weighted by Crippen LogP contribution is 2.29. The fourth-order valence-electron chi connectivity index (χ4n) is 2.11. The number of amides is 1. The molecule has 0 aliphatic rings. The van der Waals surface area contributed by atoms with E-state index < -0.39 is 15.9 Å². The zero-order valence-corrected chi connectivity index (χ0v) is 13.7. The third-order valence-electron chi connectivity index (χ3n) is 3.11. The molecule has 0 unspecified atom stereocenters. The van der Waals surface area contributed by atoms with Gasteiger partial charge in [-0.3, -0.25) is 4.79 Å². The Morgan fingerprint density at radius 3 is 2.24 bits per heavy atom. The number of primary amides is 1. The average Bonchev–Trinajstić information content (AvgIpc) is 2.32. The summed E-state index contributed by atoms with van der Waals surface area (Å²) in [6, 6.07) is 3.47. The third kappa shape index (κ3) is 3.95. The van der Waals surface area contributed by atoms with Gasteiger partial charge in [0.15, 0.2) is 0 Å². The number of nitrogens with zero attached hydrogens (tertiary/aromatic N) is 1. The number of hydrogen-bond acceptors (Lipinski definition) is 4. The van der Waals surface area contributed by atoms with Gasteiger partial charge in [-0.15, -0.1) is 0 Å². The summed E-state index contributed by atoms with van der Waals surface area (Å²) in [5.41, 5.74) is 12.6. The van der Waals surface area contributed by atoms with Crippen LogP contribution < -0.4 is 11.5 Å². The fourth-order valence-corrected chi connectivity index (χ4v) is 4.07. The Morgan fingerprint density at radius 2 is 1.76 bits per heavy atom. The molecule has 7 heteroatoms. The van der Waals surface area contributed by atoms with E-state index in [9.17, 15) is 13.2 Å². The molecule has 0 saturated carbocycles. The highest BCUT2D eigenvalue weighted by atomic mass is 32.2. The minimum absolute atomic E-state index is 0.0596. The maximum atomic E-state index is 12.8. The summed E-state index contributed by atoms with van der Waals surface area (Å²) in [5.74, 6) is -0.631. The van der Waals surface area contributed by atoms with E-state index in [2.05, 4.69) is 0 Å². The van der Waals surface area contributed by atoms with Crippen LogP contribution in [0.2, 0.25) is 0 Å². The zero-order valence-electron chi connectivity index (χ0n) is 12.9. The Hall–Kier alpha value is -1.60. The molecule has 0 aliphatic heterocycles. The number of nitrogen functional groups attached to an aromatic ring is 1. The maximum absolute atomic E-state index is 12.8. The molecule has 6 nitrogen and oxygen atoms in total. The number of nitrogens with two attached hydrogens (primary N) is 2. The van der Waals surface area contributed by atoms with Crippen LogP contribution in [0.1, 0.15) is 25.0 Å². The van der Waals surface area contributed by atoms with Crippen LogP contribution in [0.5, 0.6) is 0 Å². The van der Waals surface area contributed by atoms with Gasteiger partial charge in [-0.1, -0.05) is 26.0 Å². The van der Waals surface area contributed by atoms with E-state index >= 15 is 0 Å². The van der Waals surface area contributed by atoms with Gasteiger partial charge >= 0.3 is 0 Å². The van der Waals surface area contributed by atoms with Crippen molar-refractivity contribution in [3.63, 3.8) is 0 Å². The number of hydrogen-bond donors (Lipinski definition) is 2. The molecule has 0 aromatic heterocycles. The monoisotopic (exact) mass is 313 g/mol. The molecule has 1 rings (SSSR count). The Morgan fingerprint density at radius 1 is 1.24 bits per heavy atom. The van der Waals surface area contributed by atoms with Crippen molar-refractivity contribution >= 4 is 21.6 Å². The lowest BCUT2D eigenvalue weighted by atomic mass is 10.1. The highest BCUT2D eigenvalue weighted by molar-refractivity contribution is 7.89. The Kier molecular flexibility index (Phi) is 5.36. The van der Waals surface area contributed by atoms with Crippen LogP contribution in [-0.4, -0.2) is 31.7 Å². The topological polar surface area (TPSA) is 106 Å². The predicted octanol–water partition coefficient (Wildman–Crippen LogP) is 1.02. The van der Waals surface area contributed by atoms with Crippen LogP contribution in [0.15, 0.2) is 17.0 Å². The number of rotatable bonds is 6. The molecule has 0 spiro atoms. The van der Waals surface area contributed by atoms with Crippen molar-refractivity contribution in [2.75, 3.05) is 18.8 Å². The molecule has 0 radical (unpaired) electrons. The first kappa shape index (κ1) is 17.5. The normalized spacial score (nSPS) is 12.1. The molecule has 0 aliphatic carbocycles. The van der Waals surface area contributed by atoms with Crippen molar-refractivity contribution in [1.82, 2.24) is 4.31 Å². The van der Waals surface area contributed by atoms with Gasteiger partial charge in [0.1, 0.15) is 4.90 Å². The van der Waals surface area contributed by atoms with Crippen molar-refractivity contribution in [3.8, 4) is 0 Å². The van der Waals surface area contributed by atoms with Crippen molar-refractivity contribution in [2.45, 2.75) is 32.6 Å². The largest absolute Gasteiger partial charge is 0.397 e. The summed E-state index contributed by atoms with van der Waals surface area (Å²) in [6.45, 7) is 7.02. The SMILES string of the molecule is Cc1ccc(C)c(S(=O)(=O)N(CC(N)=O)CC(C)C)c1N. The van der Waals surface area contributed by atoms with Gasteiger partial charge < -0.3 is 11.5 Å². The Bertz CT molecular complexity index is 639. The van der Waals surface area contributed by atoms with Gasteiger partial charge in [0, 0.05) is 6.54 Å². The second-order valence-corrected chi connectivity index (χ2v) is 7.47. The van der Waals surface area contributed by atoms with Gasteiger partial charge in [0.25, 0.3) is 0 Å². The van der Waals surface area contributed by atoms with Crippen molar-refractivity contribution in [3.05, 3.63) is 23.3 Å². The number of sulfonamides is 1.